The van der Waals surface area contributed by atoms with E-state index in [1.165, 1.54) is 0 Å². The van der Waals surface area contributed by atoms with Crippen molar-refractivity contribution in [2.75, 3.05) is 19.8 Å². The van der Waals surface area contributed by atoms with Gasteiger partial charge < -0.3 is 19.1 Å². The van der Waals surface area contributed by atoms with Gasteiger partial charge in [0.25, 0.3) is 0 Å². The number of ether oxygens (including phenoxy) is 3. The SMILES string of the molecule is CC(C)C(=O)OC[C@@H](C)Cc1cncc(OC[C@@H]2CCN2C(=O)OC(C)(C)C)c1. The van der Waals surface area contributed by atoms with Crippen molar-refractivity contribution < 1.29 is 23.8 Å². The second-order valence-corrected chi connectivity index (χ2v) is 9.05. The Kier molecular flexibility index (Phi) is 7.88. The lowest BCUT2D eigenvalue weighted by Gasteiger charge is -2.40. The van der Waals surface area contributed by atoms with Crippen molar-refractivity contribution in [3.63, 3.8) is 0 Å². The number of carbonyl (C=O) groups excluding carboxylic acids is 2. The molecule has 29 heavy (non-hydrogen) atoms. The minimum Gasteiger partial charge on any atom is -0.490 e. The zero-order chi connectivity index (χ0) is 21.6. The molecule has 2 heterocycles. The highest BCUT2D eigenvalue weighted by Crippen LogP contribution is 2.23. The Morgan fingerprint density at radius 3 is 2.55 bits per heavy atom. The van der Waals surface area contributed by atoms with Gasteiger partial charge in [-0.15, -0.1) is 0 Å². The lowest BCUT2D eigenvalue weighted by atomic mass is 10.0. The van der Waals surface area contributed by atoms with Gasteiger partial charge in [-0.05, 0) is 51.2 Å². The topological polar surface area (TPSA) is 78.0 Å². The smallest absolute Gasteiger partial charge is 0.410 e. The van der Waals surface area contributed by atoms with Crippen LogP contribution in [0.3, 0.4) is 0 Å². The van der Waals surface area contributed by atoms with Crippen LogP contribution in [-0.2, 0) is 20.7 Å². The first kappa shape index (κ1) is 23.0. The van der Waals surface area contributed by atoms with Crippen LogP contribution in [0.15, 0.2) is 18.5 Å². The van der Waals surface area contributed by atoms with Gasteiger partial charge in [-0.25, -0.2) is 4.79 Å². The van der Waals surface area contributed by atoms with E-state index in [0.29, 0.717) is 25.5 Å². The van der Waals surface area contributed by atoms with Gasteiger partial charge in [0.05, 0.1) is 24.8 Å². The molecule has 162 valence electrons. The summed E-state index contributed by atoms with van der Waals surface area (Å²) in [6.45, 7) is 12.7. The Labute approximate surface area is 173 Å². The Morgan fingerprint density at radius 1 is 1.24 bits per heavy atom. The normalized spacial score (nSPS) is 17.5. The molecule has 0 bridgehead atoms. The summed E-state index contributed by atoms with van der Waals surface area (Å²) >= 11 is 0. The van der Waals surface area contributed by atoms with E-state index in [4.69, 9.17) is 14.2 Å². The van der Waals surface area contributed by atoms with Gasteiger partial charge >= 0.3 is 12.1 Å². The maximum atomic E-state index is 12.2. The fraction of sp³-hybridized carbons (Fsp3) is 0.682. The molecular weight excluding hydrogens is 372 g/mol. The molecule has 0 N–H and O–H groups in total. The molecule has 0 radical (unpaired) electrons. The van der Waals surface area contributed by atoms with E-state index in [1.807, 2.05) is 47.6 Å². The highest BCUT2D eigenvalue weighted by atomic mass is 16.6. The molecule has 0 aromatic carbocycles. The maximum Gasteiger partial charge on any atom is 0.410 e. The maximum absolute atomic E-state index is 12.2. The Morgan fingerprint density at radius 2 is 1.97 bits per heavy atom. The van der Waals surface area contributed by atoms with Crippen LogP contribution in [-0.4, -0.2) is 53.3 Å². The Hall–Kier alpha value is -2.31. The van der Waals surface area contributed by atoms with Gasteiger partial charge in [-0.2, -0.15) is 0 Å². The molecular formula is C22H34N2O5. The average molecular weight is 407 g/mol. The largest absolute Gasteiger partial charge is 0.490 e. The Balaban J connectivity index is 1.81. The number of rotatable bonds is 8. The zero-order valence-corrected chi connectivity index (χ0v) is 18.4. The molecule has 0 saturated carbocycles. The van der Waals surface area contributed by atoms with E-state index in [-0.39, 0.29) is 29.9 Å². The van der Waals surface area contributed by atoms with Crippen LogP contribution < -0.4 is 4.74 Å². The number of pyridine rings is 1. The first-order valence-corrected chi connectivity index (χ1v) is 10.3. The summed E-state index contributed by atoms with van der Waals surface area (Å²) < 4.78 is 16.6. The summed E-state index contributed by atoms with van der Waals surface area (Å²) in [6, 6.07) is 1.97. The van der Waals surface area contributed by atoms with E-state index >= 15 is 0 Å². The van der Waals surface area contributed by atoms with E-state index in [2.05, 4.69) is 4.98 Å². The summed E-state index contributed by atoms with van der Waals surface area (Å²) in [5.74, 6) is 0.559. The summed E-state index contributed by atoms with van der Waals surface area (Å²) in [4.78, 5) is 29.7. The van der Waals surface area contributed by atoms with Crippen LogP contribution in [0.5, 0.6) is 5.75 Å². The summed E-state index contributed by atoms with van der Waals surface area (Å²) in [5.41, 5.74) is 0.518. The number of likely N-dealkylation sites (tertiary alicyclic amines) is 1. The van der Waals surface area contributed by atoms with Gasteiger partial charge in [0.1, 0.15) is 18.0 Å². The minimum atomic E-state index is -0.503. The van der Waals surface area contributed by atoms with E-state index in [0.717, 1.165) is 18.4 Å². The molecule has 1 amide bonds. The van der Waals surface area contributed by atoms with Crippen LogP contribution in [0.2, 0.25) is 0 Å². The minimum absolute atomic E-state index is 0.0166. The predicted octanol–water partition coefficient (Wildman–Crippen LogP) is 3.85. The zero-order valence-electron chi connectivity index (χ0n) is 18.4. The van der Waals surface area contributed by atoms with Crippen molar-refractivity contribution in [3.8, 4) is 5.75 Å². The van der Waals surface area contributed by atoms with Crippen molar-refractivity contribution in [2.24, 2.45) is 11.8 Å². The quantitative estimate of drug-likeness (QED) is 0.610. The van der Waals surface area contributed by atoms with Gasteiger partial charge in [0, 0.05) is 12.7 Å². The summed E-state index contributed by atoms with van der Waals surface area (Å²) in [7, 11) is 0. The molecule has 0 unspecified atom stereocenters. The third-order valence-electron chi connectivity index (χ3n) is 4.55. The van der Waals surface area contributed by atoms with Crippen molar-refractivity contribution in [2.45, 2.75) is 66.0 Å². The molecule has 1 fully saturated rings. The number of hydrogen-bond acceptors (Lipinski definition) is 6. The molecule has 1 aliphatic heterocycles. The van der Waals surface area contributed by atoms with Gasteiger partial charge in [0.15, 0.2) is 0 Å². The molecule has 0 aliphatic carbocycles. The highest BCUT2D eigenvalue weighted by Gasteiger charge is 2.35. The molecule has 7 heteroatoms. The molecule has 1 saturated heterocycles. The third kappa shape index (κ3) is 7.55. The van der Waals surface area contributed by atoms with Crippen LogP contribution in [0.1, 0.15) is 53.5 Å². The lowest BCUT2D eigenvalue weighted by Crippen LogP contribution is -2.55. The number of carbonyl (C=O) groups is 2. The molecule has 2 atom stereocenters. The van der Waals surface area contributed by atoms with Crippen LogP contribution in [0.25, 0.3) is 0 Å². The van der Waals surface area contributed by atoms with E-state index < -0.39 is 5.60 Å². The van der Waals surface area contributed by atoms with Crippen molar-refractivity contribution in [1.82, 2.24) is 9.88 Å². The molecule has 2 rings (SSSR count). The van der Waals surface area contributed by atoms with E-state index in [1.54, 1.807) is 17.3 Å². The standard InChI is InChI=1S/C22H34N2O5/c1-15(2)20(25)28-13-16(3)9-17-10-19(12-23-11-17)27-14-18-7-8-24(18)21(26)29-22(4,5)6/h10-12,15-16,18H,7-9,13-14H2,1-6H3/t16-,18-/m0/s1. The van der Waals surface area contributed by atoms with Gasteiger partial charge in [-0.1, -0.05) is 20.8 Å². The molecule has 1 aromatic rings. The molecule has 7 nitrogen and oxygen atoms in total. The summed E-state index contributed by atoms with van der Waals surface area (Å²) in [5, 5.41) is 0. The van der Waals surface area contributed by atoms with Crippen molar-refractivity contribution in [1.29, 1.82) is 0 Å². The van der Waals surface area contributed by atoms with Crippen molar-refractivity contribution >= 4 is 12.1 Å². The first-order valence-electron chi connectivity index (χ1n) is 10.3. The van der Waals surface area contributed by atoms with Crippen LogP contribution in [0, 0.1) is 11.8 Å². The lowest BCUT2D eigenvalue weighted by molar-refractivity contribution is -0.148. The van der Waals surface area contributed by atoms with E-state index in [9.17, 15) is 9.59 Å². The predicted molar refractivity (Wildman–Crippen MR) is 110 cm³/mol. The highest BCUT2D eigenvalue weighted by molar-refractivity contribution is 5.71. The first-order chi connectivity index (χ1) is 13.5. The number of aromatic nitrogens is 1. The molecule has 0 spiro atoms. The van der Waals surface area contributed by atoms with Gasteiger partial charge in [-0.3, -0.25) is 9.78 Å². The Bertz CT molecular complexity index is 699. The number of hydrogen-bond donors (Lipinski definition) is 0. The fourth-order valence-electron chi connectivity index (χ4n) is 2.87. The second kappa shape index (κ2) is 9.94. The van der Waals surface area contributed by atoms with Gasteiger partial charge in [0.2, 0.25) is 0 Å². The van der Waals surface area contributed by atoms with Crippen LogP contribution >= 0.6 is 0 Å². The fourth-order valence-corrected chi connectivity index (χ4v) is 2.87. The summed E-state index contributed by atoms with van der Waals surface area (Å²) in [6.07, 6.45) is 4.80. The van der Waals surface area contributed by atoms with Crippen LogP contribution in [0.4, 0.5) is 4.79 Å². The van der Waals surface area contributed by atoms with Crippen molar-refractivity contribution in [3.05, 3.63) is 24.0 Å². The second-order valence-electron chi connectivity index (χ2n) is 9.05. The molecule has 1 aromatic heterocycles. The number of amides is 1. The molecule has 1 aliphatic rings. The number of nitrogens with zero attached hydrogens (tertiary/aromatic N) is 2. The monoisotopic (exact) mass is 406 g/mol. The average Bonchev–Trinajstić information content (AvgIpc) is 2.57. The third-order valence-corrected chi connectivity index (χ3v) is 4.55. The number of esters is 1.